The highest BCUT2D eigenvalue weighted by Crippen LogP contribution is 2.21. The van der Waals surface area contributed by atoms with E-state index in [-0.39, 0.29) is 12.5 Å². The van der Waals surface area contributed by atoms with Crippen molar-refractivity contribution in [1.82, 2.24) is 4.98 Å². The Bertz CT molecular complexity index is 575. The zero-order valence-electron chi connectivity index (χ0n) is 11.6. The number of oxazole rings is 1. The monoisotopic (exact) mass is 274 g/mol. The highest BCUT2D eigenvalue weighted by molar-refractivity contribution is 5.67. The summed E-state index contributed by atoms with van der Waals surface area (Å²) in [5.74, 6) is -0.125. The van der Waals surface area contributed by atoms with Crippen LogP contribution in [0.4, 0.5) is 5.69 Å². The minimum Gasteiger partial charge on any atom is -0.481 e. The Morgan fingerprint density at radius 2 is 2.10 bits per heavy atom. The number of aryl methyl sites for hydroxylation is 1. The van der Waals surface area contributed by atoms with Crippen LogP contribution < -0.4 is 5.32 Å². The first-order chi connectivity index (χ1) is 9.54. The van der Waals surface area contributed by atoms with E-state index in [9.17, 15) is 4.79 Å². The maximum absolute atomic E-state index is 10.5. The number of carboxylic acid groups (broad SMARTS) is 1. The molecule has 106 valence electrons. The molecule has 1 aromatic carbocycles. The Morgan fingerprint density at radius 1 is 1.40 bits per heavy atom. The molecular weight excluding hydrogens is 256 g/mol. The summed E-state index contributed by atoms with van der Waals surface area (Å²) in [5, 5.41) is 11.9. The molecule has 0 spiro atoms. The summed E-state index contributed by atoms with van der Waals surface area (Å²) >= 11 is 0. The molecule has 0 amide bonds. The maximum atomic E-state index is 10.5. The molecule has 0 saturated carbocycles. The minimum atomic E-state index is -0.768. The molecule has 1 aromatic heterocycles. The van der Waals surface area contributed by atoms with Crippen molar-refractivity contribution in [2.75, 3.05) is 5.32 Å². The van der Waals surface area contributed by atoms with E-state index in [1.807, 2.05) is 38.1 Å². The number of aliphatic carboxylic acids is 1. The Kier molecular flexibility index (Phi) is 4.40. The average molecular weight is 274 g/mol. The maximum Gasteiger partial charge on any atom is 0.303 e. The summed E-state index contributed by atoms with van der Waals surface area (Å²) in [7, 11) is 0. The normalized spacial score (nSPS) is 12.1. The first-order valence-corrected chi connectivity index (χ1v) is 6.55. The van der Waals surface area contributed by atoms with E-state index < -0.39 is 5.97 Å². The second-order valence-corrected chi connectivity index (χ2v) is 4.81. The van der Waals surface area contributed by atoms with Gasteiger partial charge in [-0.05, 0) is 25.5 Å². The lowest BCUT2D eigenvalue weighted by Crippen LogP contribution is -2.16. The van der Waals surface area contributed by atoms with Gasteiger partial charge in [-0.2, -0.15) is 0 Å². The molecule has 1 heterocycles. The molecule has 0 saturated heterocycles. The lowest BCUT2D eigenvalue weighted by molar-refractivity contribution is -0.137. The van der Waals surface area contributed by atoms with Gasteiger partial charge in [-0.1, -0.05) is 12.1 Å². The standard InChI is InChI=1S/C15H18N2O3/c1-10(3-8-15(18)19)16-13-6-4-12(5-7-13)14-9-20-11(2)17-14/h4-7,9-10,16H,3,8H2,1-2H3,(H,18,19). The van der Waals surface area contributed by atoms with Gasteiger partial charge in [-0.15, -0.1) is 0 Å². The second-order valence-electron chi connectivity index (χ2n) is 4.81. The topological polar surface area (TPSA) is 75.4 Å². The van der Waals surface area contributed by atoms with Gasteiger partial charge in [0, 0.05) is 30.6 Å². The van der Waals surface area contributed by atoms with Gasteiger partial charge >= 0.3 is 5.97 Å². The van der Waals surface area contributed by atoms with Crippen molar-refractivity contribution in [3.8, 4) is 11.3 Å². The van der Waals surface area contributed by atoms with E-state index in [2.05, 4.69) is 10.3 Å². The van der Waals surface area contributed by atoms with Gasteiger partial charge in [-0.3, -0.25) is 4.79 Å². The molecule has 0 aliphatic carbocycles. The van der Waals surface area contributed by atoms with E-state index in [1.54, 1.807) is 6.26 Å². The van der Waals surface area contributed by atoms with Crippen LogP contribution in [0.1, 0.15) is 25.7 Å². The quantitative estimate of drug-likeness (QED) is 0.845. The van der Waals surface area contributed by atoms with Gasteiger partial charge in [0.2, 0.25) is 0 Å². The SMILES string of the molecule is Cc1nc(-c2ccc(NC(C)CCC(=O)O)cc2)co1. The summed E-state index contributed by atoms with van der Waals surface area (Å²) in [5.41, 5.74) is 2.77. The van der Waals surface area contributed by atoms with Crippen molar-refractivity contribution >= 4 is 11.7 Å². The van der Waals surface area contributed by atoms with Gasteiger partial charge in [0.1, 0.15) is 12.0 Å². The number of aromatic nitrogens is 1. The third kappa shape index (κ3) is 3.85. The first-order valence-electron chi connectivity index (χ1n) is 6.55. The number of carbonyl (C=O) groups is 1. The summed E-state index contributed by atoms with van der Waals surface area (Å²) in [4.78, 5) is 14.8. The van der Waals surface area contributed by atoms with Crippen LogP contribution in [0.3, 0.4) is 0 Å². The molecule has 0 fully saturated rings. The van der Waals surface area contributed by atoms with Crippen LogP contribution in [-0.4, -0.2) is 22.1 Å². The van der Waals surface area contributed by atoms with Crippen molar-refractivity contribution < 1.29 is 14.3 Å². The molecule has 0 aliphatic rings. The second kappa shape index (κ2) is 6.23. The minimum absolute atomic E-state index is 0.117. The van der Waals surface area contributed by atoms with Crippen LogP contribution in [-0.2, 0) is 4.79 Å². The van der Waals surface area contributed by atoms with Crippen LogP contribution in [0, 0.1) is 6.92 Å². The molecule has 0 aliphatic heterocycles. The highest BCUT2D eigenvalue weighted by Gasteiger charge is 2.06. The van der Waals surface area contributed by atoms with Crippen molar-refractivity contribution in [2.24, 2.45) is 0 Å². The van der Waals surface area contributed by atoms with Crippen molar-refractivity contribution in [1.29, 1.82) is 0 Å². The van der Waals surface area contributed by atoms with Crippen LogP contribution in [0.2, 0.25) is 0 Å². The van der Waals surface area contributed by atoms with Crippen LogP contribution in [0.25, 0.3) is 11.3 Å². The third-order valence-electron chi connectivity index (χ3n) is 3.00. The summed E-state index contributed by atoms with van der Waals surface area (Å²) in [6, 6.07) is 7.95. The van der Waals surface area contributed by atoms with Crippen LogP contribution in [0.5, 0.6) is 0 Å². The van der Waals surface area contributed by atoms with Gasteiger partial charge in [-0.25, -0.2) is 4.98 Å². The zero-order chi connectivity index (χ0) is 14.5. The molecule has 2 rings (SSSR count). The number of rotatable bonds is 6. The molecule has 1 unspecified atom stereocenters. The third-order valence-corrected chi connectivity index (χ3v) is 3.00. The predicted molar refractivity (Wildman–Crippen MR) is 76.6 cm³/mol. The van der Waals surface area contributed by atoms with E-state index in [0.29, 0.717) is 12.3 Å². The molecule has 1 atom stereocenters. The number of nitrogens with zero attached hydrogens (tertiary/aromatic N) is 1. The molecule has 20 heavy (non-hydrogen) atoms. The van der Waals surface area contributed by atoms with E-state index >= 15 is 0 Å². The first kappa shape index (κ1) is 14.1. The highest BCUT2D eigenvalue weighted by atomic mass is 16.4. The number of hydrogen-bond donors (Lipinski definition) is 2. The van der Waals surface area contributed by atoms with Gasteiger partial charge in [0.05, 0.1) is 0 Å². The molecular formula is C15H18N2O3. The fourth-order valence-corrected chi connectivity index (χ4v) is 1.93. The van der Waals surface area contributed by atoms with E-state index in [1.165, 1.54) is 0 Å². The summed E-state index contributed by atoms with van der Waals surface area (Å²) < 4.78 is 5.19. The lowest BCUT2D eigenvalue weighted by Gasteiger charge is -2.14. The average Bonchev–Trinajstić information content (AvgIpc) is 2.84. The van der Waals surface area contributed by atoms with Crippen molar-refractivity contribution in [3.05, 3.63) is 36.4 Å². The molecule has 2 aromatic rings. The molecule has 5 nitrogen and oxygen atoms in total. The molecule has 0 radical (unpaired) electrons. The predicted octanol–water partition coefficient (Wildman–Crippen LogP) is 3.32. The Hall–Kier alpha value is -2.30. The fourth-order valence-electron chi connectivity index (χ4n) is 1.93. The zero-order valence-corrected chi connectivity index (χ0v) is 11.6. The number of carboxylic acids is 1. The Morgan fingerprint density at radius 3 is 2.65 bits per heavy atom. The van der Waals surface area contributed by atoms with Crippen LogP contribution >= 0.6 is 0 Å². The van der Waals surface area contributed by atoms with Gasteiger partial charge in [0.25, 0.3) is 0 Å². The van der Waals surface area contributed by atoms with Crippen molar-refractivity contribution in [2.45, 2.75) is 32.7 Å². The summed E-state index contributed by atoms with van der Waals surface area (Å²) in [6.45, 7) is 3.78. The van der Waals surface area contributed by atoms with Crippen LogP contribution in [0.15, 0.2) is 34.9 Å². The van der Waals surface area contributed by atoms with E-state index in [0.717, 1.165) is 16.9 Å². The van der Waals surface area contributed by atoms with Crippen molar-refractivity contribution in [3.63, 3.8) is 0 Å². The molecule has 2 N–H and O–H groups in total. The largest absolute Gasteiger partial charge is 0.481 e. The van der Waals surface area contributed by atoms with E-state index in [4.69, 9.17) is 9.52 Å². The Labute approximate surface area is 117 Å². The van der Waals surface area contributed by atoms with Gasteiger partial charge < -0.3 is 14.8 Å². The van der Waals surface area contributed by atoms with Gasteiger partial charge in [0.15, 0.2) is 5.89 Å². The fraction of sp³-hybridized carbons (Fsp3) is 0.333. The smallest absolute Gasteiger partial charge is 0.303 e. The number of hydrogen-bond acceptors (Lipinski definition) is 4. The Balaban J connectivity index is 1.96. The number of benzene rings is 1. The molecule has 5 heteroatoms. The summed E-state index contributed by atoms with van der Waals surface area (Å²) in [6.07, 6.45) is 2.40. The number of nitrogens with one attached hydrogen (secondary N) is 1. The lowest BCUT2D eigenvalue weighted by atomic mass is 10.1. The number of anilines is 1. The molecule has 0 bridgehead atoms.